The Morgan fingerprint density at radius 1 is 1.04 bits per heavy atom. The van der Waals surface area contributed by atoms with E-state index in [1.807, 2.05) is 0 Å². The Hall–Kier alpha value is -2.96. The van der Waals surface area contributed by atoms with Crippen LogP contribution in [-0.2, 0) is 0 Å². The summed E-state index contributed by atoms with van der Waals surface area (Å²) in [5.41, 5.74) is 3.55. The maximum atomic E-state index is 12.3. The van der Waals surface area contributed by atoms with E-state index in [0.717, 1.165) is 5.56 Å². The Morgan fingerprint density at radius 3 is 2.57 bits per heavy atom. The summed E-state index contributed by atoms with van der Waals surface area (Å²) in [7, 11) is 3.01. The van der Waals surface area contributed by atoms with Gasteiger partial charge in [0.25, 0.3) is 5.91 Å². The lowest BCUT2D eigenvalue weighted by Gasteiger charge is -2.08. The summed E-state index contributed by atoms with van der Waals surface area (Å²) >= 11 is 11.9. The van der Waals surface area contributed by atoms with Gasteiger partial charge in [-0.25, -0.2) is 5.43 Å². The van der Waals surface area contributed by atoms with Crippen molar-refractivity contribution in [3.05, 3.63) is 69.9 Å². The van der Waals surface area contributed by atoms with E-state index in [4.69, 9.17) is 37.1 Å². The van der Waals surface area contributed by atoms with Crippen LogP contribution in [0.2, 0.25) is 10.0 Å². The van der Waals surface area contributed by atoms with Crippen LogP contribution in [-0.4, -0.2) is 26.3 Å². The molecule has 8 heteroatoms. The van der Waals surface area contributed by atoms with E-state index in [1.165, 1.54) is 20.4 Å². The summed E-state index contributed by atoms with van der Waals surface area (Å²) in [6.45, 7) is 0. The average Bonchev–Trinajstić information content (AvgIpc) is 3.18. The summed E-state index contributed by atoms with van der Waals surface area (Å²) in [6.07, 6.45) is 1.40. The van der Waals surface area contributed by atoms with Crippen LogP contribution in [0.15, 0.2) is 58.0 Å². The van der Waals surface area contributed by atoms with E-state index in [-0.39, 0.29) is 0 Å². The third-order valence-electron chi connectivity index (χ3n) is 3.84. The minimum atomic E-state index is -0.424. The van der Waals surface area contributed by atoms with Gasteiger partial charge in [0.2, 0.25) is 0 Å². The molecule has 0 fully saturated rings. The van der Waals surface area contributed by atoms with Crippen molar-refractivity contribution in [3.63, 3.8) is 0 Å². The van der Waals surface area contributed by atoms with Gasteiger partial charge in [0, 0.05) is 11.6 Å². The average molecular weight is 419 g/mol. The van der Waals surface area contributed by atoms with Crippen molar-refractivity contribution in [1.29, 1.82) is 0 Å². The number of hydrazone groups is 1. The molecule has 2 aromatic carbocycles. The molecule has 3 rings (SSSR count). The molecular formula is C20H16Cl2N2O4. The second-order valence-corrected chi connectivity index (χ2v) is 6.41. The van der Waals surface area contributed by atoms with Crippen molar-refractivity contribution >= 4 is 35.3 Å². The first-order chi connectivity index (χ1) is 13.5. The molecule has 0 unspecified atom stereocenters. The molecule has 0 atom stereocenters. The number of furan rings is 1. The van der Waals surface area contributed by atoms with Gasteiger partial charge in [-0.05, 0) is 42.5 Å². The van der Waals surface area contributed by atoms with E-state index in [2.05, 4.69) is 10.5 Å². The van der Waals surface area contributed by atoms with Crippen molar-refractivity contribution in [3.8, 4) is 22.8 Å². The number of carbonyl (C=O) groups is 1. The number of hydrogen-bond donors (Lipinski definition) is 1. The number of ether oxygens (including phenoxy) is 2. The number of halogens is 2. The zero-order valence-corrected chi connectivity index (χ0v) is 16.5. The highest BCUT2D eigenvalue weighted by atomic mass is 35.5. The first-order valence-electron chi connectivity index (χ1n) is 8.12. The topological polar surface area (TPSA) is 73.1 Å². The molecule has 0 saturated carbocycles. The van der Waals surface area contributed by atoms with Crippen LogP contribution < -0.4 is 14.9 Å². The monoisotopic (exact) mass is 418 g/mol. The fraction of sp³-hybridized carbons (Fsp3) is 0.100. The molecule has 0 saturated heterocycles. The predicted molar refractivity (Wildman–Crippen MR) is 109 cm³/mol. The second-order valence-electron chi connectivity index (χ2n) is 5.60. The van der Waals surface area contributed by atoms with E-state index in [9.17, 15) is 4.79 Å². The molecule has 144 valence electrons. The molecule has 1 heterocycles. The number of hydrogen-bond acceptors (Lipinski definition) is 5. The Bertz CT molecular complexity index is 1030. The van der Waals surface area contributed by atoms with Crippen LogP contribution in [0, 0.1) is 0 Å². The zero-order chi connectivity index (χ0) is 20.1. The number of nitrogens with zero attached hydrogens (tertiary/aromatic N) is 1. The Labute approximate surface area is 171 Å². The van der Waals surface area contributed by atoms with Gasteiger partial charge in [0.1, 0.15) is 23.0 Å². The number of amides is 1. The smallest absolute Gasteiger partial charge is 0.275 e. The van der Waals surface area contributed by atoms with Crippen LogP contribution in [0.25, 0.3) is 11.3 Å². The predicted octanol–water partition coefficient (Wildman–Crippen LogP) is 5.03. The molecular weight excluding hydrogens is 403 g/mol. The second kappa shape index (κ2) is 8.82. The lowest BCUT2D eigenvalue weighted by Crippen LogP contribution is -2.18. The minimum absolute atomic E-state index is 0.330. The Morgan fingerprint density at radius 2 is 1.86 bits per heavy atom. The molecule has 1 aromatic heterocycles. The van der Waals surface area contributed by atoms with Gasteiger partial charge in [0.05, 0.1) is 36.0 Å². The van der Waals surface area contributed by atoms with Crippen LogP contribution in [0.1, 0.15) is 16.1 Å². The quantitative estimate of drug-likeness (QED) is 0.449. The molecule has 1 N–H and O–H groups in total. The van der Waals surface area contributed by atoms with Crippen LogP contribution in [0.3, 0.4) is 0 Å². The van der Waals surface area contributed by atoms with Gasteiger partial charge in [-0.15, -0.1) is 0 Å². The number of benzene rings is 2. The first kappa shape index (κ1) is 19.8. The molecule has 1 amide bonds. The van der Waals surface area contributed by atoms with E-state index >= 15 is 0 Å². The number of methoxy groups -OCH3 is 2. The number of carbonyl (C=O) groups excluding carboxylic acids is 1. The minimum Gasteiger partial charge on any atom is -0.497 e. The summed E-state index contributed by atoms with van der Waals surface area (Å²) in [5.74, 6) is 1.60. The molecule has 0 bridgehead atoms. The normalized spacial score (nSPS) is 10.9. The van der Waals surface area contributed by atoms with Crippen LogP contribution in [0.5, 0.6) is 11.5 Å². The Balaban J connectivity index is 1.69. The maximum Gasteiger partial charge on any atom is 0.275 e. The van der Waals surface area contributed by atoms with Crippen LogP contribution >= 0.6 is 23.2 Å². The Kier molecular flexibility index (Phi) is 6.23. The molecule has 28 heavy (non-hydrogen) atoms. The highest BCUT2D eigenvalue weighted by Crippen LogP contribution is 2.29. The van der Waals surface area contributed by atoms with Crippen LogP contribution in [0.4, 0.5) is 0 Å². The summed E-state index contributed by atoms with van der Waals surface area (Å²) in [6, 6.07) is 13.6. The van der Waals surface area contributed by atoms with Crippen molar-refractivity contribution in [1.82, 2.24) is 5.43 Å². The third kappa shape index (κ3) is 4.47. The largest absolute Gasteiger partial charge is 0.497 e. The fourth-order valence-electron chi connectivity index (χ4n) is 2.43. The van der Waals surface area contributed by atoms with Gasteiger partial charge in [0.15, 0.2) is 0 Å². The number of nitrogens with one attached hydrogen (secondary N) is 1. The lowest BCUT2D eigenvalue weighted by molar-refractivity contribution is 0.0952. The van der Waals surface area contributed by atoms with Gasteiger partial charge >= 0.3 is 0 Å². The third-order valence-corrected chi connectivity index (χ3v) is 4.58. The highest BCUT2D eigenvalue weighted by molar-refractivity contribution is 6.42. The maximum absolute atomic E-state index is 12.3. The summed E-state index contributed by atoms with van der Waals surface area (Å²) < 4.78 is 16.0. The van der Waals surface area contributed by atoms with Gasteiger partial charge in [-0.3, -0.25) is 4.79 Å². The van der Waals surface area contributed by atoms with Gasteiger partial charge in [-0.2, -0.15) is 5.10 Å². The summed E-state index contributed by atoms with van der Waals surface area (Å²) in [5, 5.41) is 4.83. The molecule has 0 spiro atoms. The van der Waals surface area contributed by atoms with E-state index < -0.39 is 5.91 Å². The molecule has 0 aliphatic carbocycles. The van der Waals surface area contributed by atoms with E-state index in [0.29, 0.717) is 38.6 Å². The van der Waals surface area contributed by atoms with Crippen molar-refractivity contribution in [2.24, 2.45) is 5.10 Å². The first-order valence-corrected chi connectivity index (χ1v) is 8.88. The lowest BCUT2D eigenvalue weighted by atomic mass is 10.2. The SMILES string of the molecule is COc1ccc(C(=O)NN=Cc2ccc(-c3ccc(Cl)c(Cl)c3)o2)c(OC)c1. The summed E-state index contributed by atoms with van der Waals surface area (Å²) in [4.78, 5) is 12.3. The molecule has 0 radical (unpaired) electrons. The van der Waals surface area contributed by atoms with Crippen molar-refractivity contribution in [2.75, 3.05) is 14.2 Å². The highest BCUT2D eigenvalue weighted by Gasteiger charge is 2.13. The zero-order valence-electron chi connectivity index (χ0n) is 15.0. The number of rotatable bonds is 6. The van der Waals surface area contributed by atoms with Gasteiger partial charge in [-0.1, -0.05) is 23.2 Å². The molecule has 6 nitrogen and oxygen atoms in total. The van der Waals surface area contributed by atoms with E-state index in [1.54, 1.807) is 48.5 Å². The van der Waals surface area contributed by atoms with Crippen molar-refractivity contribution in [2.45, 2.75) is 0 Å². The molecule has 0 aliphatic heterocycles. The molecule has 3 aromatic rings. The standard InChI is InChI=1S/C20H16Cl2N2O4/c1-26-13-4-6-15(19(10-13)27-2)20(25)24-23-11-14-5-8-18(28-14)12-3-7-16(21)17(22)9-12/h3-11H,1-2H3,(H,24,25). The molecule has 0 aliphatic rings. The van der Waals surface area contributed by atoms with Gasteiger partial charge < -0.3 is 13.9 Å². The van der Waals surface area contributed by atoms with Crippen molar-refractivity contribution < 1.29 is 18.7 Å². The fourth-order valence-corrected chi connectivity index (χ4v) is 2.73.